The maximum Gasteiger partial charge on any atom is 0.194 e. The number of allylic oxidation sites excluding steroid dienone is 2. The van der Waals surface area contributed by atoms with E-state index in [0.29, 0.717) is 0 Å². The number of nitrogens with zero attached hydrogens (tertiary/aromatic N) is 1. The summed E-state index contributed by atoms with van der Waals surface area (Å²) in [5, 5.41) is 10.4. The molecule has 0 aliphatic heterocycles. The molecule has 4 nitrogen and oxygen atoms in total. The van der Waals surface area contributed by atoms with E-state index in [2.05, 4.69) is 55.2 Å². The second-order valence-corrected chi connectivity index (χ2v) is 8.81. The summed E-state index contributed by atoms with van der Waals surface area (Å²) in [5.41, 5.74) is 8.90. The molecule has 1 aliphatic carbocycles. The van der Waals surface area contributed by atoms with Crippen LogP contribution in [-0.2, 0) is 24.9 Å². The zero-order valence-electron chi connectivity index (χ0n) is 20.3. The van der Waals surface area contributed by atoms with E-state index in [0.717, 1.165) is 55.4 Å². The van der Waals surface area contributed by atoms with Gasteiger partial charge in [-0.05, 0) is 66.6 Å². The van der Waals surface area contributed by atoms with E-state index in [1.165, 1.54) is 25.5 Å². The molecule has 179 valence electrons. The number of hydrogen-bond donors (Lipinski definition) is 1. The second-order valence-electron chi connectivity index (χ2n) is 8.81. The summed E-state index contributed by atoms with van der Waals surface area (Å²) in [5.74, 6) is 0.0504. The fourth-order valence-electron chi connectivity index (χ4n) is 4.39. The average Bonchev–Trinajstić information content (AvgIpc) is 3.01. The molecule has 1 heterocycles. The van der Waals surface area contributed by atoms with Crippen molar-refractivity contribution in [2.24, 2.45) is 0 Å². The van der Waals surface area contributed by atoms with Gasteiger partial charge in [0, 0.05) is 43.5 Å². The van der Waals surface area contributed by atoms with Crippen LogP contribution < -0.4 is 0 Å². The van der Waals surface area contributed by atoms with Gasteiger partial charge in [0.2, 0.25) is 0 Å². The van der Waals surface area contributed by atoms with E-state index in [1.54, 1.807) is 0 Å². The van der Waals surface area contributed by atoms with Crippen LogP contribution in [0.2, 0.25) is 0 Å². The van der Waals surface area contributed by atoms with Crippen LogP contribution in [0.25, 0.3) is 33.2 Å². The van der Waals surface area contributed by atoms with Gasteiger partial charge in [0.25, 0.3) is 0 Å². The van der Waals surface area contributed by atoms with Gasteiger partial charge in [-0.2, -0.15) is 0 Å². The predicted molar refractivity (Wildman–Crippen MR) is 136 cm³/mol. The monoisotopic (exact) mass is 641 g/mol. The van der Waals surface area contributed by atoms with Crippen LogP contribution in [0.1, 0.15) is 46.5 Å². The number of aromatic nitrogens is 1. The van der Waals surface area contributed by atoms with Crippen LogP contribution in [0.15, 0.2) is 66.6 Å². The third-order valence-electron chi connectivity index (χ3n) is 5.67. The molecule has 1 radical (unpaired) electrons. The number of fused-ring (bicyclic) bond motifs is 4. The van der Waals surface area contributed by atoms with Gasteiger partial charge in [-0.25, -0.2) is 0 Å². The van der Waals surface area contributed by atoms with Crippen molar-refractivity contribution in [2.75, 3.05) is 0 Å². The Morgan fingerprint density at radius 3 is 2.23 bits per heavy atom. The van der Waals surface area contributed by atoms with Gasteiger partial charge in [0.05, 0.1) is 5.76 Å². The first-order valence-electron chi connectivity index (χ1n) is 11.1. The summed E-state index contributed by atoms with van der Waals surface area (Å²) in [4.78, 5) is 27.6. The predicted octanol–water partition coefficient (Wildman–Crippen LogP) is 6.87. The third kappa shape index (κ3) is 5.48. The Hall–Kier alpha value is -3.40. The minimum Gasteiger partial charge on any atom is -0.512 e. The Balaban J connectivity index is 0.000000378. The quantitative estimate of drug-likeness (QED) is 0.130. The Morgan fingerprint density at radius 2 is 1.60 bits per heavy atom. The Bertz CT molecular complexity index is 1480. The molecule has 0 atom stereocenters. The first kappa shape index (κ1) is 26.2. The van der Waals surface area contributed by atoms with Gasteiger partial charge in [0.15, 0.2) is 11.6 Å². The maximum atomic E-state index is 12.9. The zero-order valence-corrected chi connectivity index (χ0v) is 22.7. The van der Waals surface area contributed by atoms with E-state index in [4.69, 9.17) is 5.11 Å². The van der Waals surface area contributed by atoms with E-state index in [1.807, 2.05) is 31.3 Å². The topological polar surface area (TPSA) is 67.3 Å². The number of hydrogen-bond acceptors (Lipinski definition) is 4. The summed E-state index contributed by atoms with van der Waals surface area (Å²) < 4.78 is 0. The molecule has 0 unspecified atom stereocenters. The van der Waals surface area contributed by atoms with Crippen LogP contribution in [0.4, 0.5) is 0 Å². The molecule has 35 heavy (non-hydrogen) atoms. The molecule has 0 fully saturated rings. The third-order valence-corrected chi connectivity index (χ3v) is 5.67. The minimum absolute atomic E-state index is 0. The molecule has 1 aliphatic rings. The van der Waals surface area contributed by atoms with Gasteiger partial charge in [-0.1, -0.05) is 37.6 Å². The SMILES string of the molecule is CC(=O)/C=C(/C)O.Cc1[c-]c(-c2nccc3cc4c(cc23)-c2ccc(C)cc2C4=O)cc(C)c1.[Ir]. The molecule has 0 amide bonds. The summed E-state index contributed by atoms with van der Waals surface area (Å²) in [6.45, 7) is 9.01. The van der Waals surface area contributed by atoms with Gasteiger partial charge in [-0.15, -0.1) is 34.9 Å². The number of ketones is 2. The first-order valence-corrected chi connectivity index (χ1v) is 11.1. The first-order chi connectivity index (χ1) is 16.1. The van der Waals surface area contributed by atoms with Crippen molar-refractivity contribution in [3.63, 3.8) is 0 Å². The van der Waals surface area contributed by atoms with E-state index in [-0.39, 0.29) is 37.4 Å². The van der Waals surface area contributed by atoms with Crippen LogP contribution in [-0.4, -0.2) is 21.7 Å². The fourth-order valence-corrected chi connectivity index (χ4v) is 4.39. The molecule has 0 saturated carbocycles. The molecule has 5 rings (SSSR count). The second kappa shape index (κ2) is 10.5. The number of carbonyl (C=O) groups excluding carboxylic acids is 2. The van der Waals surface area contributed by atoms with Gasteiger partial charge in [-0.3, -0.25) is 9.59 Å². The van der Waals surface area contributed by atoms with Crippen LogP contribution in [0.3, 0.4) is 0 Å². The van der Waals surface area contributed by atoms with Crippen LogP contribution in [0.5, 0.6) is 0 Å². The van der Waals surface area contributed by atoms with Gasteiger partial charge in [0.1, 0.15) is 0 Å². The Morgan fingerprint density at radius 1 is 0.886 bits per heavy atom. The summed E-state index contributed by atoms with van der Waals surface area (Å²) in [7, 11) is 0. The number of pyridine rings is 1. The van der Waals surface area contributed by atoms with Crippen molar-refractivity contribution >= 4 is 22.3 Å². The summed E-state index contributed by atoms with van der Waals surface area (Å²) in [6.07, 6.45) is 2.98. The number of aryl methyl sites for hydroxylation is 3. The van der Waals surface area contributed by atoms with Gasteiger partial charge < -0.3 is 10.1 Å². The van der Waals surface area contributed by atoms with Crippen molar-refractivity contribution in [1.82, 2.24) is 4.98 Å². The molecule has 4 aromatic rings. The fraction of sp³-hybridized carbons (Fsp3) is 0.167. The van der Waals surface area contributed by atoms with Crippen LogP contribution in [0, 0.1) is 26.8 Å². The summed E-state index contributed by atoms with van der Waals surface area (Å²) >= 11 is 0. The number of benzene rings is 3. The Labute approximate surface area is 219 Å². The number of carbonyl (C=O) groups is 2. The normalized spacial score (nSPS) is 11.8. The van der Waals surface area contributed by atoms with E-state index >= 15 is 0 Å². The smallest absolute Gasteiger partial charge is 0.194 e. The molecule has 1 aromatic heterocycles. The number of rotatable bonds is 2. The van der Waals surface area contributed by atoms with Crippen molar-refractivity contribution in [1.29, 1.82) is 0 Å². The molecular formula is C30H26IrNO3-. The maximum absolute atomic E-state index is 12.9. The molecule has 3 aromatic carbocycles. The van der Waals surface area contributed by atoms with Crippen molar-refractivity contribution < 1.29 is 34.8 Å². The molecule has 0 bridgehead atoms. The molecule has 1 N–H and O–H groups in total. The summed E-state index contributed by atoms with van der Waals surface area (Å²) in [6, 6.07) is 19.9. The average molecular weight is 641 g/mol. The largest absolute Gasteiger partial charge is 0.512 e. The molecule has 0 spiro atoms. The van der Waals surface area contributed by atoms with Crippen molar-refractivity contribution in [3.8, 4) is 22.4 Å². The van der Waals surface area contributed by atoms with E-state index in [9.17, 15) is 9.59 Å². The molecule has 5 heteroatoms. The molecule has 0 saturated heterocycles. The van der Waals surface area contributed by atoms with E-state index < -0.39 is 0 Å². The number of aliphatic hydroxyl groups is 1. The van der Waals surface area contributed by atoms with Crippen molar-refractivity contribution in [2.45, 2.75) is 34.6 Å². The Kier molecular flexibility index (Phi) is 7.84. The van der Waals surface area contributed by atoms with Crippen LogP contribution >= 0.6 is 0 Å². The minimum atomic E-state index is -0.125. The number of aliphatic hydroxyl groups excluding tert-OH is 1. The molecular weight excluding hydrogens is 615 g/mol. The van der Waals surface area contributed by atoms with Gasteiger partial charge >= 0.3 is 0 Å². The zero-order chi connectivity index (χ0) is 24.6. The van der Waals surface area contributed by atoms with Crippen molar-refractivity contribution in [3.05, 3.63) is 100 Å². The standard InChI is InChI=1S/C25H18NO.C5H8O2.Ir/c1-14-4-5-19-21-13-20-17(12-23(21)25(27)22(19)11-14)6-7-26-24(20)18-9-15(2)8-16(3)10-18;1-4(6)3-5(2)7;/h4-9,11-13H,1-3H3;3,6H,1-2H3;/q-1;;/b;4-3-;.